The highest BCUT2D eigenvalue weighted by atomic mass is 35.5. The van der Waals surface area contributed by atoms with Gasteiger partial charge in [-0.2, -0.15) is 9.97 Å². The van der Waals surface area contributed by atoms with E-state index >= 15 is 0 Å². The van der Waals surface area contributed by atoms with Gasteiger partial charge in [0.25, 0.3) is 0 Å². The van der Waals surface area contributed by atoms with Crippen LogP contribution in [0.25, 0.3) is 11.2 Å². The molecular weight excluding hydrogens is 402 g/mol. The van der Waals surface area contributed by atoms with Gasteiger partial charge in [0, 0.05) is 20.4 Å². The molecule has 0 spiro atoms. The second-order valence-electron chi connectivity index (χ2n) is 6.38. The summed E-state index contributed by atoms with van der Waals surface area (Å²) in [6, 6.07) is 0. The van der Waals surface area contributed by atoms with E-state index in [1.165, 1.54) is 20.2 Å². The van der Waals surface area contributed by atoms with Gasteiger partial charge in [-0.25, -0.2) is 4.98 Å². The van der Waals surface area contributed by atoms with Crippen molar-refractivity contribution in [1.82, 2.24) is 19.5 Å². The summed E-state index contributed by atoms with van der Waals surface area (Å²) in [6.07, 6.45) is 4.13. The Morgan fingerprint density at radius 1 is 1.17 bits per heavy atom. The van der Waals surface area contributed by atoms with Gasteiger partial charge in [-0.15, -0.1) is 0 Å². The van der Waals surface area contributed by atoms with Crippen molar-refractivity contribution < 1.29 is 23.8 Å². The Balaban J connectivity index is 2.07. The summed E-state index contributed by atoms with van der Waals surface area (Å²) in [6.45, 7) is 5.42. The van der Waals surface area contributed by atoms with Crippen molar-refractivity contribution in [2.45, 2.75) is 52.9 Å². The molecule has 0 radical (unpaired) electrons. The van der Waals surface area contributed by atoms with E-state index in [1.807, 2.05) is 0 Å². The van der Waals surface area contributed by atoms with Crippen LogP contribution in [-0.2, 0) is 30.5 Å². The van der Waals surface area contributed by atoms with Gasteiger partial charge in [-0.05, 0) is 6.42 Å². The van der Waals surface area contributed by atoms with Gasteiger partial charge in [-0.1, -0.05) is 31.4 Å². The van der Waals surface area contributed by atoms with Crippen LogP contribution in [0.1, 0.15) is 40.0 Å². The summed E-state index contributed by atoms with van der Waals surface area (Å²) in [5.41, 5.74) is 0.951. The summed E-state index contributed by atoms with van der Waals surface area (Å²) in [4.78, 5) is 35.0. The molecule has 0 aromatic carbocycles. The van der Waals surface area contributed by atoms with E-state index in [1.54, 1.807) is 4.57 Å². The summed E-state index contributed by atoms with van der Waals surface area (Å²) in [5, 5.41) is 3.40. The molecule has 10 nitrogen and oxygen atoms in total. The molecule has 0 unspecified atom stereocenters. The fourth-order valence-electron chi connectivity index (χ4n) is 2.41. The fraction of sp³-hybridized carbons (Fsp3) is 0.611. The van der Waals surface area contributed by atoms with Crippen LogP contribution in [0, 0.1) is 0 Å². The Labute approximate surface area is 173 Å². The molecule has 0 saturated carbocycles. The lowest BCUT2D eigenvalue weighted by Gasteiger charge is -2.17. The number of rotatable bonds is 12. The van der Waals surface area contributed by atoms with Crippen LogP contribution in [0.4, 0.5) is 5.95 Å². The Bertz CT molecular complexity index is 810. The van der Waals surface area contributed by atoms with Crippen LogP contribution in [-0.4, -0.2) is 57.3 Å². The molecule has 0 saturated heterocycles. The normalized spacial score (nSPS) is 11.1. The number of aromatic nitrogens is 4. The largest absolute Gasteiger partial charge is 0.463 e. The molecule has 160 valence electrons. The van der Waals surface area contributed by atoms with E-state index < -0.39 is 18.0 Å². The van der Waals surface area contributed by atoms with Crippen LogP contribution in [0.2, 0.25) is 5.15 Å². The minimum Gasteiger partial charge on any atom is -0.463 e. The van der Waals surface area contributed by atoms with Gasteiger partial charge >= 0.3 is 11.9 Å². The highest BCUT2D eigenvalue weighted by Crippen LogP contribution is 2.21. The van der Waals surface area contributed by atoms with Crippen molar-refractivity contribution in [3.05, 3.63) is 11.5 Å². The Kier molecular flexibility index (Phi) is 9.07. The Hall–Kier alpha value is -2.46. The molecule has 0 aliphatic carbocycles. The van der Waals surface area contributed by atoms with Crippen LogP contribution in [0.3, 0.4) is 0 Å². The first kappa shape index (κ1) is 22.8. The van der Waals surface area contributed by atoms with E-state index in [9.17, 15) is 9.59 Å². The van der Waals surface area contributed by atoms with Gasteiger partial charge in [0.15, 0.2) is 10.8 Å². The Morgan fingerprint density at radius 2 is 1.86 bits per heavy atom. The number of unbranched alkanes of at least 4 members (excludes halogenated alkanes) is 2. The molecule has 1 N–H and O–H groups in total. The second kappa shape index (κ2) is 11.5. The van der Waals surface area contributed by atoms with E-state index in [4.69, 9.17) is 25.8 Å². The van der Waals surface area contributed by atoms with Crippen molar-refractivity contribution in [2.24, 2.45) is 0 Å². The maximum atomic E-state index is 11.1. The zero-order valence-corrected chi connectivity index (χ0v) is 17.6. The first-order valence-electron chi connectivity index (χ1n) is 9.41. The number of esters is 2. The van der Waals surface area contributed by atoms with E-state index in [0.717, 1.165) is 25.8 Å². The highest BCUT2D eigenvalue weighted by Gasteiger charge is 2.16. The van der Waals surface area contributed by atoms with Gasteiger partial charge < -0.3 is 19.5 Å². The number of fused-ring (bicyclic) bond motifs is 1. The first-order chi connectivity index (χ1) is 13.9. The summed E-state index contributed by atoms with van der Waals surface area (Å²) < 4.78 is 17.3. The zero-order chi connectivity index (χ0) is 21.2. The molecule has 0 amide bonds. The SMILES string of the molecule is CCCCCNc1nc(Cl)c2ncn(COC(COC(C)=O)COC(C)=O)c2n1. The van der Waals surface area contributed by atoms with Gasteiger partial charge in [-0.3, -0.25) is 14.2 Å². The molecule has 0 fully saturated rings. The molecule has 2 aromatic rings. The number of ether oxygens (including phenoxy) is 3. The molecule has 2 heterocycles. The molecule has 0 aliphatic rings. The summed E-state index contributed by atoms with van der Waals surface area (Å²) >= 11 is 6.22. The number of halogens is 1. The van der Waals surface area contributed by atoms with Gasteiger partial charge in [0.2, 0.25) is 5.95 Å². The minimum absolute atomic E-state index is 0.0464. The summed E-state index contributed by atoms with van der Waals surface area (Å²) in [7, 11) is 0. The lowest BCUT2D eigenvalue weighted by molar-refractivity contribution is -0.154. The van der Waals surface area contributed by atoms with Gasteiger partial charge in [0.05, 0.1) is 6.33 Å². The number of anilines is 1. The number of nitrogens with one attached hydrogen (secondary N) is 1. The average molecular weight is 428 g/mol. The molecule has 29 heavy (non-hydrogen) atoms. The molecule has 0 aliphatic heterocycles. The lowest BCUT2D eigenvalue weighted by Crippen LogP contribution is -2.28. The van der Waals surface area contributed by atoms with Crippen LogP contribution >= 0.6 is 11.6 Å². The number of nitrogens with zero attached hydrogens (tertiary/aromatic N) is 4. The third-order valence-corrected chi connectivity index (χ3v) is 4.14. The maximum absolute atomic E-state index is 11.1. The quantitative estimate of drug-likeness (QED) is 0.309. The molecule has 2 aromatic heterocycles. The molecule has 2 rings (SSSR count). The number of imidazole rings is 1. The van der Waals surface area contributed by atoms with Crippen LogP contribution < -0.4 is 5.32 Å². The van der Waals surface area contributed by atoms with E-state index in [-0.39, 0.29) is 25.1 Å². The van der Waals surface area contributed by atoms with E-state index in [2.05, 4.69) is 27.2 Å². The highest BCUT2D eigenvalue weighted by molar-refractivity contribution is 6.33. The molecule has 0 atom stereocenters. The maximum Gasteiger partial charge on any atom is 0.302 e. The van der Waals surface area contributed by atoms with Crippen molar-refractivity contribution in [2.75, 3.05) is 25.1 Å². The predicted octanol–water partition coefficient (Wildman–Crippen LogP) is 2.55. The van der Waals surface area contributed by atoms with Crippen LogP contribution in [0.5, 0.6) is 0 Å². The minimum atomic E-state index is -0.635. The number of hydrogen-bond acceptors (Lipinski definition) is 9. The number of hydrogen-bond donors (Lipinski definition) is 1. The number of carbonyl (C=O) groups is 2. The Morgan fingerprint density at radius 3 is 2.48 bits per heavy atom. The van der Waals surface area contributed by atoms with Crippen molar-refractivity contribution >= 4 is 40.7 Å². The van der Waals surface area contributed by atoms with Gasteiger partial charge in [0.1, 0.15) is 31.6 Å². The molecule has 0 bridgehead atoms. The third kappa shape index (κ3) is 7.47. The van der Waals surface area contributed by atoms with Crippen molar-refractivity contribution in [1.29, 1.82) is 0 Å². The topological polar surface area (TPSA) is 117 Å². The molecular formula is C18H26ClN5O5. The first-order valence-corrected chi connectivity index (χ1v) is 9.79. The lowest BCUT2D eigenvalue weighted by atomic mass is 10.2. The zero-order valence-electron chi connectivity index (χ0n) is 16.8. The molecule has 11 heteroatoms. The second-order valence-corrected chi connectivity index (χ2v) is 6.74. The fourth-order valence-corrected chi connectivity index (χ4v) is 2.62. The number of carbonyl (C=O) groups excluding carboxylic acids is 2. The average Bonchev–Trinajstić information content (AvgIpc) is 3.08. The third-order valence-electron chi connectivity index (χ3n) is 3.88. The van der Waals surface area contributed by atoms with Crippen molar-refractivity contribution in [3.8, 4) is 0 Å². The summed E-state index contributed by atoms with van der Waals surface area (Å²) in [5.74, 6) is -0.489. The standard InChI is InChI=1S/C18H26ClN5O5/c1-4-5-6-7-20-18-22-16(19)15-17(23-18)24(10-21-15)11-29-14(8-27-12(2)25)9-28-13(3)26/h10,14H,4-9,11H2,1-3H3,(H,20,22,23). The van der Waals surface area contributed by atoms with Crippen molar-refractivity contribution in [3.63, 3.8) is 0 Å². The monoisotopic (exact) mass is 427 g/mol. The van der Waals surface area contributed by atoms with E-state index in [0.29, 0.717) is 17.1 Å². The smallest absolute Gasteiger partial charge is 0.302 e. The predicted molar refractivity (Wildman–Crippen MR) is 106 cm³/mol. The van der Waals surface area contributed by atoms with Crippen LogP contribution in [0.15, 0.2) is 6.33 Å².